The van der Waals surface area contributed by atoms with Gasteiger partial charge in [-0.1, -0.05) is 24.3 Å². The van der Waals surface area contributed by atoms with E-state index in [4.69, 9.17) is 0 Å². The average molecular weight is 392 g/mol. The quantitative estimate of drug-likeness (QED) is 0.689. The summed E-state index contributed by atoms with van der Waals surface area (Å²) in [6.07, 6.45) is 4.10. The first-order chi connectivity index (χ1) is 14.1. The van der Waals surface area contributed by atoms with Gasteiger partial charge in [-0.2, -0.15) is 5.10 Å². The van der Waals surface area contributed by atoms with Crippen LogP contribution in [0.25, 0.3) is 5.69 Å². The molecule has 0 bridgehead atoms. The van der Waals surface area contributed by atoms with Crippen LogP contribution in [-0.2, 0) is 0 Å². The molecule has 0 saturated carbocycles. The number of amides is 2. The minimum atomic E-state index is -0.525. The molecule has 4 rings (SSSR count). The Morgan fingerprint density at radius 3 is 2.07 bits per heavy atom. The van der Waals surface area contributed by atoms with Crippen LogP contribution >= 0.6 is 0 Å². The Morgan fingerprint density at radius 1 is 0.793 bits per heavy atom. The van der Waals surface area contributed by atoms with Crippen molar-refractivity contribution in [3.05, 3.63) is 83.9 Å². The molecule has 1 aromatic heterocycles. The van der Waals surface area contributed by atoms with Crippen molar-refractivity contribution in [3.63, 3.8) is 0 Å². The molecule has 7 heteroatoms. The van der Waals surface area contributed by atoms with Gasteiger partial charge in [-0.25, -0.2) is 9.07 Å². The topological polar surface area (TPSA) is 58.4 Å². The largest absolute Gasteiger partial charge is 0.337 e. The minimum Gasteiger partial charge on any atom is -0.337 e. The van der Waals surface area contributed by atoms with E-state index in [0.29, 0.717) is 43.9 Å². The zero-order chi connectivity index (χ0) is 20.2. The van der Waals surface area contributed by atoms with Crippen LogP contribution in [-0.4, -0.2) is 57.6 Å². The summed E-state index contributed by atoms with van der Waals surface area (Å²) in [5, 5.41) is 4.23. The molecule has 0 radical (unpaired) electrons. The van der Waals surface area contributed by atoms with E-state index < -0.39 is 5.82 Å². The van der Waals surface area contributed by atoms with Crippen molar-refractivity contribution >= 4 is 11.8 Å². The van der Waals surface area contributed by atoms with Gasteiger partial charge in [0.25, 0.3) is 11.8 Å². The predicted molar refractivity (Wildman–Crippen MR) is 106 cm³/mol. The van der Waals surface area contributed by atoms with Crippen LogP contribution < -0.4 is 0 Å². The minimum absolute atomic E-state index is 0.0660. The molecule has 1 saturated heterocycles. The number of carbonyl (C=O) groups is 2. The van der Waals surface area contributed by atoms with Gasteiger partial charge in [0.05, 0.1) is 16.8 Å². The molecule has 0 atom stereocenters. The standard InChI is InChI=1S/C22H21FN4O2/c23-19-9-3-1-7-17(19)21(28)25-12-6-13-26(16-15-25)22(29)18-8-2-4-10-20(18)27-14-5-11-24-27/h1-5,7-11,14H,6,12-13,15-16H2. The van der Waals surface area contributed by atoms with Crippen molar-refractivity contribution in [3.8, 4) is 5.69 Å². The lowest BCUT2D eigenvalue weighted by Gasteiger charge is -2.23. The van der Waals surface area contributed by atoms with Crippen LogP contribution in [0.3, 0.4) is 0 Å². The molecule has 0 aliphatic carbocycles. The first-order valence-electron chi connectivity index (χ1n) is 9.57. The van der Waals surface area contributed by atoms with Gasteiger partial charge >= 0.3 is 0 Å². The molecule has 0 spiro atoms. The average Bonchev–Trinajstić information content (AvgIpc) is 3.17. The van der Waals surface area contributed by atoms with Crippen molar-refractivity contribution in [1.29, 1.82) is 0 Å². The van der Waals surface area contributed by atoms with Gasteiger partial charge < -0.3 is 9.80 Å². The maximum Gasteiger partial charge on any atom is 0.256 e. The van der Waals surface area contributed by atoms with Crippen LogP contribution in [0, 0.1) is 5.82 Å². The third-order valence-electron chi connectivity index (χ3n) is 5.06. The Morgan fingerprint density at radius 2 is 1.41 bits per heavy atom. The van der Waals surface area contributed by atoms with Crippen molar-refractivity contribution in [2.75, 3.05) is 26.2 Å². The van der Waals surface area contributed by atoms with Crippen LogP contribution in [0.2, 0.25) is 0 Å². The van der Waals surface area contributed by atoms with E-state index in [0.717, 1.165) is 0 Å². The molecule has 1 aliphatic heterocycles. The van der Waals surface area contributed by atoms with E-state index >= 15 is 0 Å². The lowest BCUT2D eigenvalue weighted by molar-refractivity contribution is 0.0716. The van der Waals surface area contributed by atoms with E-state index in [2.05, 4.69) is 5.10 Å². The third kappa shape index (κ3) is 3.89. The number of aromatic nitrogens is 2. The molecule has 1 aliphatic rings. The van der Waals surface area contributed by atoms with Crippen molar-refractivity contribution in [1.82, 2.24) is 19.6 Å². The lowest BCUT2D eigenvalue weighted by atomic mass is 10.1. The molecular weight excluding hydrogens is 371 g/mol. The Labute approximate surface area is 168 Å². The highest BCUT2D eigenvalue weighted by Crippen LogP contribution is 2.18. The number of hydrogen-bond donors (Lipinski definition) is 0. The number of nitrogens with zero attached hydrogens (tertiary/aromatic N) is 4. The van der Waals surface area contributed by atoms with E-state index in [1.165, 1.54) is 12.1 Å². The summed E-state index contributed by atoms with van der Waals surface area (Å²) < 4.78 is 15.6. The zero-order valence-electron chi connectivity index (χ0n) is 15.9. The third-order valence-corrected chi connectivity index (χ3v) is 5.06. The van der Waals surface area contributed by atoms with Gasteiger partial charge in [0.1, 0.15) is 5.82 Å². The number of para-hydroxylation sites is 1. The maximum absolute atomic E-state index is 14.0. The van der Waals surface area contributed by atoms with Crippen LogP contribution in [0.5, 0.6) is 0 Å². The zero-order valence-corrected chi connectivity index (χ0v) is 15.9. The number of rotatable bonds is 3. The lowest BCUT2D eigenvalue weighted by Crippen LogP contribution is -2.38. The smallest absolute Gasteiger partial charge is 0.256 e. The number of halogens is 1. The predicted octanol–water partition coefficient (Wildman–Crippen LogP) is 3.00. The Hall–Kier alpha value is -3.48. The fraction of sp³-hybridized carbons (Fsp3) is 0.227. The van der Waals surface area contributed by atoms with Gasteiger partial charge in [0.15, 0.2) is 0 Å². The van der Waals surface area contributed by atoms with Crippen molar-refractivity contribution < 1.29 is 14.0 Å². The molecule has 0 N–H and O–H groups in total. The molecule has 6 nitrogen and oxygen atoms in total. The first kappa shape index (κ1) is 18.9. The maximum atomic E-state index is 14.0. The molecule has 3 aromatic rings. The number of carbonyl (C=O) groups excluding carboxylic acids is 2. The Bertz CT molecular complexity index is 1020. The summed E-state index contributed by atoms with van der Waals surface area (Å²) in [4.78, 5) is 29.3. The molecule has 2 heterocycles. The fourth-order valence-electron chi connectivity index (χ4n) is 3.56. The Kier molecular flexibility index (Phi) is 5.37. The Balaban J connectivity index is 1.50. The van der Waals surface area contributed by atoms with E-state index in [-0.39, 0.29) is 17.4 Å². The van der Waals surface area contributed by atoms with Gasteiger partial charge in [0, 0.05) is 38.6 Å². The second kappa shape index (κ2) is 8.26. The normalized spacial score (nSPS) is 14.5. The second-order valence-electron chi connectivity index (χ2n) is 6.89. The number of hydrogen-bond acceptors (Lipinski definition) is 3. The van der Waals surface area contributed by atoms with Crippen LogP contribution in [0.15, 0.2) is 67.0 Å². The SMILES string of the molecule is O=C(c1ccccc1F)N1CCCN(C(=O)c2ccccc2-n2cccn2)CC1. The number of benzene rings is 2. The van der Waals surface area contributed by atoms with Gasteiger partial charge in [0.2, 0.25) is 0 Å². The van der Waals surface area contributed by atoms with Gasteiger partial charge in [-0.05, 0) is 36.8 Å². The molecule has 2 aromatic carbocycles. The summed E-state index contributed by atoms with van der Waals surface area (Å²) in [5.74, 6) is -0.964. The summed E-state index contributed by atoms with van der Waals surface area (Å²) in [5.41, 5.74) is 1.34. The highest BCUT2D eigenvalue weighted by atomic mass is 19.1. The van der Waals surface area contributed by atoms with E-state index in [9.17, 15) is 14.0 Å². The fourth-order valence-corrected chi connectivity index (χ4v) is 3.56. The second-order valence-corrected chi connectivity index (χ2v) is 6.89. The summed E-state index contributed by atoms with van der Waals surface area (Å²) in [6.45, 7) is 1.78. The molecular formula is C22H21FN4O2. The molecule has 29 heavy (non-hydrogen) atoms. The molecule has 0 unspecified atom stereocenters. The molecule has 1 fully saturated rings. The van der Waals surface area contributed by atoms with Crippen LogP contribution in [0.1, 0.15) is 27.1 Å². The van der Waals surface area contributed by atoms with E-state index in [1.807, 2.05) is 18.2 Å². The van der Waals surface area contributed by atoms with Crippen molar-refractivity contribution in [2.45, 2.75) is 6.42 Å². The highest BCUT2D eigenvalue weighted by Gasteiger charge is 2.26. The summed E-state index contributed by atoms with van der Waals surface area (Å²) in [7, 11) is 0. The first-order valence-corrected chi connectivity index (χ1v) is 9.57. The van der Waals surface area contributed by atoms with Gasteiger partial charge in [-0.15, -0.1) is 0 Å². The summed E-state index contributed by atoms with van der Waals surface area (Å²) in [6, 6.07) is 15.1. The van der Waals surface area contributed by atoms with Crippen molar-refractivity contribution in [2.24, 2.45) is 0 Å². The summed E-state index contributed by atoms with van der Waals surface area (Å²) >= 11 is 0. The monoisotopic (exact) mass is 392 g/mol. The van der Waals surface area contributed by atoms with E-state index in [1.54, 1.807) is 51.1 Å². The van der Waals surface area contributed by atoms with Crippen LogP contribution in [0.4, 0.5) is 4.39 Å². The highest BCUT2D eigenvalue weighted by molar-refractivity contribution is 5.98. The molecule has 148 valence electrons. The van der Waals surface area contributed by atoms with Gasteiger partial charge in [-0.3, -0.25) is 9.59 Å². The molecule has 2 amide bonds.